The third-order valence-corrected chi connectivity index (χ3v) is 23.0. The topological polar surface area (TPSA) is 215 Å². The lowest BCUT2D eigenvalue weighted by atomic mass is 9.75. The molecular formula is C78H88N8O10S2. The normalized spacial score (nSPS) is 17.2. The zero-order valence-electron chi connectivity index (χ0n) is 56.7. The van der Waals surface area contributed by atoms with Crippen LogP contribution in [0, 0.1) is 0 Å². The fourth-order valence-electron chi connectivity index (χ4n) is 15.2. The monoisotopic (exact) mass is 1360 g/mol. The second kappa shape index (κ2) is 29.1. The summed E-state index contributed by atoms with van der Waals surface area (Å²) in [6.45, 7) is 10.6. The van der Waals surface area contributed by atoms with Gasteiger partial charge in [-0.15, -0.1) is 22.7 Å². The van der Waals surface area contributed by atoms with E-state index >= 15 is 0 Å². The van der Waals surface area contributed by atoms with Crippen LogP contribution in [0.25, 0.3) is 55.1 Å². The standard InChI is InChI=1S/C40H46N4O5S.C38H42N4O5S/c1-4-48-29-17-18-30-31(24-29)43(3)22-23-44-32-25-33(50-37(32)35(36(30)44)27-10-7-6-8-11-27)38(46)42-40(20-9-21-40)39(47)41-28-15-12-26(13-16-28)14-19-34(45)49-5-2;1-3-47-27-15-16-28-29(22-27)41(2)20-21-42-30-23-31(48-35(30)33(34(28)42)25-8-5-4-6-9-25)36(45)40-38(18-7-19-38)37(46)39-26-13-10-24(11-14-26)12-17-32(43)44/h12-19,24-25,27H,4-11,20-23H2,1-3H3,(H,41,47)(H,42,46);10-17,22-23,25H,3-9,18-21H2,1-2H3,(H,39,46)(H,40,45)(H,43,44)/b19-14+;17-12+. The SMILES string of the molecule is CCOC(=O)/C=C/c1ccc(NC(=O)C2(NC(=O)c3cc4c(s3)c(C3CCCCC3)c3n4CCN(C)c4cc(OCC)ccc4-3)CCC2)cc1.CCOc1ccc2c(c1)N(C)CCn1c-2c(C2CCCCC2)c2sc(C(=O)NC3(C(=O)Nc4ccc(/C=C/C(=O)O)cc4)CCC3)cc21. The van der Waals surface area contributed by atoms with Crippen LogP contribution in [0.4, 0.5) is 22.7 Å². The summed E-state index contributed by atoms with van der Waals surface area (Å²) in [7, 11) is 4.28. The minimum Gasteiger partial charge on any atom is -0.494 e. The predicted molar refractivity (Wildman–Crippen MR) is 392 cm³/mol. The van der Waals surface area contributed by atoms with Crippen molar-refractivity contribution >= 4 is 114 Å². The first kappa shape index (κ1) is 67.4. The molecule has 0 spiro atoms. The number of rotatable bonds is 19. The van der Waals surface area contributed by atoms with Crippen LogP contribution >= 0.6 is 22.7 Å². The van der Waals surface area contributed by atoms with E-state index < -0.39 is 23.0 Å². The number of likely N-dealkylation sites (N-methyl/N-ethyl adjacent to an activating group) is 2. The molecule has 0 saturated heterocycles. The van der Waals surface area contributed by atoms with Crippen molar-refractivity contribution in [2.75, 3.05) is 67.4 Å². The van der Waals surface area contributed by atoms with Crippen molar-refractivity contribution in [1.29, 1.82) is 0 Å². The van der Waals surface area contributed by atoms with E-state index in [-0.39, 0.29) is 23.6 Å². The van der Waals surface area contributed by atoms with Crippen LogP contribution < -0.4 is 40.5 Å². The molecule has 5 N–H and O–H groups in total. The second-order valence-corrected chi connectivity index (χ2v) is 29.0. The lowest BCUT2D eigenvalue weighted by Gasteiger charge is -2.40. The number of nitrogens with one attached hydrogen (secondary N) is 4. The van der Waals surface area contributed by atoms with Gasteiger partial charge in [0.2, 0.25) is 11.8 Å². The maximum Gasteiger partial charge on any atom is 0.330 e. The zero-order chi connectivity index (χ0) is 68.2. The van der Waals surface area contributed by atoms with Gasteiger partial charge in [0.05, 0.1) is 61.4 Å². The molecule has 4 fully saturated rings. The number of fused-ring (bicyclic) bond motifs is 10. The number of benzene rings is 4. The average molecular weight is 1360 g/mol. The number of anilines is 4. The summed E-state index contributed by atoms with van der Waals surface area (Å²) < 4.78 is 24.0. The molecule has 4 aromatic heterocycles. The molecule has 0 bridgehead atoms. The van der Waals surface area contributed by atoms with E-state index in [1.807, 2.05) is 32.0 Å². The lowest BCUT2D eigenvalue weighted by molar-refractivity contribution is -0.137. The number of carbonyl (C=O) groups is 6. The number of carbonyl (C=O) groups excluding carboxylic acids is 5. The second-order valence-electron chi connectivity index (χ2n) is 26.9. The maximum atomic E-state index is 14.0. The Morgan fingerprint density at radius 3 is 1.32 bits per heavy atom. The van der Waals surface area contributed by atoms with E-state index in [9.17, 15) is 28.8 Å². The summed E-state index contributed by atoms with van der Waals surface area (Å²) in [6.07, 6.45) is 21.7. The Labute approximate surface area is 580 Å². The van der Waals surface area contributed by atoms with Crippen molar-refractivity contribution in [2.45, 2.75) is 160 Å². The summed E-state index contributed by atoms with van der Waals surface area (Å²) in [5.41, 5.74) is 13.1. The quantitative estimate of drug-likeness (QED) is 0.0378. The molecule has 4 aliphatic carbocycles. The van der Waals surface area contributed by atoms with Crippen molar-refractivity contribution in [3.8, 4) is 34.0 Å². The van der Waals surface area contributed by atoms with Crippen LogP contribution in [-0.2, 0) is 37.0 Å². The first-order chi connectivity index (χ1) is 47.6. The maximum absolute atomic E-state index is 14.0. The molecule has 18 nitrogen and oxygen atoms in total. The number of esters is 1. The predicted octanol–water partition coefficient (Wildman–Crippen LogP) is 15.8. The molecule has 0 atom stereocenters. The Morgan fingerprint density at radius 2 is 0.939 bits per heavy atom. The van der Waals surface area contributed by atoms with Gasteiger partial charge in [-0.05, 0) is 192 Å². The number of amides is 4. The van der Waals surface area contributed by atoms with Gasteiger partial charge in [0, 0.05) is 98.4 Å². The smallest absolute Gasteiger partial charge is 0.330 e. The average Bonchev–Trinajstić information content (AvgIpc) is 1.57. The summed E-state index contributed by atoms with van der Waals surface area (Å²) in [4.78, 5) is 83.6. The minimum absolute atomic E-state index is 0.197. The van der Waals surface area contributed by atoms with E-state index in [1.165, 1.54) is 105 Å². The van der Waals surface area contributed by atoms with Crippen LogP contribution in [0.3, 0.4) is 0 Å². The van der Waals surface area contributed by atoms with Gasteiger partial charge in [-0.3, -0.25) is 19.2 Å². The molecule has 512 valence electrons. The first-order valence-corrected chi connectivity index (χ1v) is 36.7. The molecule has 20 heteroatoms. The largest absolute Gasteiger partial charge is 0.494 e. The highest BCUT2D eigenvalue weighted by Crippen LogP contribution is 2.52. The number of hydrogen-bond donors (Lipinski definition) is 5. The van der Waals surface area contributed by atoms with Gasteiger partial charge in [0.15, 0.2) is 0 Å². The van der Waals surface area contributed by atoms with Crippen molar-refractivity contribution in [2.24, 2.45) is 0 Å². The Balaban J connectivity index is 0.000000177. The van der Waals surface area contributed by atoms with Gasteiger partial charge in [-0.25, -0.2) is 9.59 Å². The zero-order valence-corrected chi connectivity index (χ0v) is 58.3. The Bertz CT molecular complexity index is 4380. The highest BCUT2D eigenvalue weighted by Gasteiger charge is 2.48. The molecule has 6 heterocycles. The number of thiophene rings is 2. The van der Waals surface area contributed by atoms with E-state index in [0.717, 1.165) is 98.9 Å². The summed E-state index contributed by atoms with van der Waals surface area (Å²) >= 11 is 3.13. The van der Waals surface area contributed by atoms with E-state index in [1.54, 1.807) is 72.1 Å². The molecule has 6 aliphatic rings. The van der Waals surface area contributed by atoms with Gasteiger partial charge in [-0.1, -0.05) is 62.8 Å². The van der Waals surface area contributed by atoms with Gasteiger partial charge in [0.25, 0.3) is 11.8 Å². The van der Waals surface area contributed by atoms with Gasteiger partial charge < -0.3 is 59.5 Å². The summed E-state index contributed by atoms with van der Waals surface area (Å²) in [5.74, 6) is 0.367. The van der Waals surface area contributed by atoms with Gasteiger partial charge in [-0.2, -0.15) is 0 Å². The number of carboxylic acid groups (broad SMARTS) is 1. The molecule has 0 unspecified atom stereocenters. The van der Waals surface area contributed by atoms with Crippen molar-refractivity contribution in [3.05, 3.63) is 141 Å². The van der Waals surface area contributed by atoms with E-state index in [0.29, 0.717) is 84.0 Å². The van der Waals surface area contributed by atoms with Gasteiger partial charge >= 0.3 is 11.9 Å². The highest BCUT2D eigenvalue weighted by atomic mass is 32.1. The van der Waals surface area contributed by atoms with Crippen LogP contribution in [-0.4, -0.2) is 108 Å². The third kappa shape index (κ3) is 13.7. The van der Waals surface area contributed by atoms with E-state index in [2.05, 4.69) is 96.8 Å². The molecular weight excluding hydrogens is 1270 g/mol. The minimum atomic E-state index is -1.02. The summed E-state index contributed by atoms with van der Waals surface area (Å²) in [5, 5.41) is 21.2. The molecule has 8 aromatic rings. The molecule has 4 saturated carbocycles. The van der Waals surface area contributed by atoms with Crippen LogP contribution in [0.5, 0.6) is 11.5 Å². The highest BCUT2D eigenvalue weighted by molar-refractivity contribution is 7.21. The molecule has 14 rings (SSSR count). The molecule has 4 aromatic carbocycles. The fourth-order valence-corrected chi connectivity index (χ4v) is 17.6. The number of carboxylic acids is 1. The number of nitrogens with zero attached hydrogens (tertiary/aromatic N) is 4. The number of hydrogen-bond acceptors (Lipinski definition) is 13. The number of aromatic nitrogens is 2. The van der Waals surface area contributed by atoms with Crippen LogP contribution in [0.1, 0.15) is 177 Å². The van der Waals surface area contributed by atoms with Crippen LogP contribution in [0.2, 0.25) is 0 Å². The number of ether oxygens (including phenoxy) is 3. The Morgan fingerprint density at radius 1 is 0.520 bits per heavy atom. The Kier molecular flexibility index (Phi) is 20.0. The van der Waals surface area contributed by atoms with Crippen molar-refractivity contribution in [3.63, 3.8) is 0 Å². The molecule has 0 radical (unpaired) electrons. The van der Waals surface area contributed by atoms with Crippen molar-refractivity contribution in [1.82, 2.24) is 19.8 Å². The number of aliphatic carboxylic acids is 1. The Hall–Kier alpha value is -9.14. The summed E-state index contributed by atoms with van der Waals surface area (Å²) in [6, 6.07) is 31.2. The van der Waals surface area contributed by atoms with Crippen molar-refractivity contribution < 1.29 is 48.1 Å². The molecule has 98 heavy (non-hydrogen) atoms. The van der Waals surface area contributed by atoms with E-state index in [4.69, 9.17) is 19.3 Å². The molecule has 2 aliphatic heterocycles. The first-order valence-electron chi connectivity index (χ1n) is 35.1. The van der Waals surface area contributed by atoms with Crippen LogP contribution in [0.15, 0.2) is 109 Å². The molecule has 4 amide bonds. The van der Waals surface area contributed by atoms with Gasteiger partial charge in [0.1, 0.15) is 22.6 Å². The fraction of sp³-hybridized carbons (Fsp3) is 0.410. The third-order valence-electron chi connectivity index (χ3n) is 20.7. The lowest BCUT2D eigenvalue weighted by Crippen LogP contribution is -2.61.